The Hall–Kier alpha value is -3.90. The van der Waals surface area contributed by atoms with E-state index in [9.17, 15) is 28.1 Å². The number of alkyl halides is 3. The van der Waals surface area contributed by atoms with E-state index >= 15 is 0 Å². The molecule has 1 N–H and O–H groups in total. The first kappa shape index (κ1) is 27.1. The molecule has 0 aliphatic rings. The fourth-order valence-electron chi connectivity index (χ4n) is 3.53. The van der Waals surface area contributed by atoms with Crippen LogP contribution in [0.15, 0.2) is 71.9 Å². The predicted molar refractivity (Wildman–Crippen MR) is 136 cm³/mol. The van der Waals surface area contributed by atoms with Crippen molar-refractivity contribution in [1.82, 2.24) is 20.1 Å². The molecule has 0 unspecified atom stereocenters. The molecule has 4 rings (SSSR count). The first-order chi connectivity index (χ1) is 18.0. The van der Waals surface area contributed by atoms with Crippen LogP contribution in [0, 0.1) is 17.0 Å². The Morgan fingerprint density at radius 2 is 1.84 bits per heavy atom. The highest BCUT2D eigenvalue weighted by Gasteiger charge is 2.30. The largest absolute Gasteiger partial charge is 0.416 e. The van der Waals surface area contributed by atoms with Crippen molar-refractivity contribution in [3.05, 3.63) is 110 Å². The van der Waals surface area contributed by atoms with E-state index in [2.05, 4.69) is 15.5 Å². The molecular weight excluding hydrogens is 543 g/mol. The van der Waals surface area contributed by atoms with Crippen molar-refractivity contribution in [2.45, 2.75) is 30.6 Å². The van der Waals surface area contributed by atoms with Gasteiger partial charge in [0, 0.05) is 28.0 Å². The molecule has 1 aromatic heterocycles. The van der Waals surface area contributed by atoms with Gasteiger partial charge in [0.15, 0.2) is 11.0 Å². The smallest absolute Gasteiger partial charge is 0.345 e. The molecule has 0 aliphatic carbocycles. The highest BCUT2D eigenvalue weighted by molar-refractivity contribution is 7.98. The van der Waals surface area contributed by atoms with Crippen LogP contribution in [0.2, 0.25) is 5.02 Å². The van der Waals surface area contributed by atoms with Crippen LogP contribution in [0.5, 0.6) is 0 Å². The third-order valence-corrected chi connectivity index (χ3v) is 6.73. The fraction of sp³-hybridized carbons (Fsp3) is 0.160. The molecule has 4 aromatic rings. The Morgan fingerprint density at radius 1 is 1.11 bits per heavy atom. The van der Waals surface area contributed by atoms with Gasteiger partial charge in [-0.3, -0.25) is 19.5 Å². The number of hydrogen-bond acceptors (Lipinski definition) is 6. The molecule has 13 heteroatoms. The quantitative estimate of drug-likeness (QED) is 0.152. The minimum atomic E-state index is -4.42. The first-order valence-corrected chi connectivity index (χ1v) is 12.4. The number of amides is 1. The zero-order valence-electron chi connectivity index (χ0n) is 19.7. The van der Waals surface area contributed by atoms with Gasteiger partial charge < -0.3 is 5.32 Å². The van der Waals surface area contributed by atoms with Gasteiger partial charge in [-0.05, 0) is 48.9 Å². The summed E-state index contributed by atoms with van der Waals surface area (Å²) in [5.41, 5.74) is 0.925. The standard InChI is InChI=1S/C25H19ClF3N5O3S/c1-15-5-8-17(11-21(15)34(36)37)23(35)30-13-22-31-32-24(33(22)20-4-2-3-19(26)12-20)38-14-16-6-9-18(10-7-16)25(27,28)29/h2-12H,13-14H2,1H3,(H,30,35). The van der Waals surface area contributed by atoms with E-state index in [0.717, 1.165) is 12.1 Å². The Morgan fingerprint density at radius 3 is 2.50 bits per heavy atom. The van der Waals surface area contributed by atoms with E-state index < -0.39 is 22.6 Å². The van der Waals surface area contributed by atoms with Crippen molar-refractivity contribution in [3.63, 3.8) is 0 Å². The lowest BCUT2D eigenvalue weighted by molar-refractivity contribution is -0.385. The van der Waals surface area contributed by atoms with Crippen molar-refractivity contribution >= 4 is 35.0 Å². The Bertz CT molecular complexity index is 1490. The highest BCUT2D eigenvalue weighted by Crippen LogP contribution is 2.31. The van der Waals surface area contributed by atoms with Crippen LogP contribution in [0.3, 0.4) is 0 Å². The summed E-state index contributed by atoms with van der Waals surface area (Å²) in [6.07, 6.45) is -4.42. The Labute approximate surface area is 224 Å². The number of hydrogen-bond donors (Lipinski definition) is 1. The van der Waals surface area contributed by atoms with Crippen LogP contribution in [0.4, 0.5) is 18.9 Å². The molecule has 0 bridgehead atoms. The van der Waals surface area contributed by atoms with E-state index in [4.69, 9.17) is 11.6 Å². The summed E-state index contributed by atoms with van der Waals surface area (Å²) in [7, 11) is 0. The zero-order valence-corrected chi connectivity index (χ0v) is 21.3. The average Bonchev–Trinajstić information content (AvgIpc) is 3.28. The summed E-state index contributed by atoms with van der Waals surface area (Å²) in [6.45, 7) is 1.53. The lowest BCUT2D eigenvalue weighted by Crippen LogP contribution is -2.24. The average molecular weight is 562 g/mol. The second-order valence-corrected chi connectivity index (χ2v) is 9.52. The number of nitro benzene ring substituents is 1. The highest BCUT2D eigenvalue weighted by atomic mass is 35.5. The van der Waals surface area contributed by atoms with Crippen molar-refractivity contribution in [2.24, 2.45) is 0 Å². The monoisotopic (exact) mass is 561 g/mol. The summed E-state index contributed by atoms with van der Waals surface area (Å²) < 4.78 is 40.3. The fourth-order valence-corrected chi connectivity index (χ4v) is 4.64. The summed E-state index contributed by atoms with van der Waals surface area (Å²) in [5.74, 6) is 0.140. The van der Waals surface area contributed by atoms with Gasteiger partial charge in [0.1, 0.15) is 0 Å². The summed E-state index contributed by atoms with van der Waals surface area (Å²) >= 11 is 7.42. The normalized spacial score (nSPS) is 11.4. The maximum Gasteiger partial charge on any atom is 0.416 e. The number of nitro groups is 1. The summed E-state index contributed by atoms with van der Waals surface area (Å²) in [6, 6.07) is 15.9. The summed E-state index contributed by atoms with van der Waals surface area (Å²) in [4.78, 5) is 23.4. The van der Waals surface area contributed by atoms with Crippen LogP contribution in [0.1, 0.15) is 32.9 Å². The minimum Gasteiger partial charge on any atom is -0.345 e. The molecular formula is C25H19ClF3N5O3S. The molecule has 0 fully saturated rings. The van der Waals surface area contributed by atoms with Gasteiger partial charge in [-0.2, -0.15) is 13.2 Å². The molecule has 0 atom stereocenters. The SMILES string of the molecule is Cc1ccc(C(=O)NCc2nnc(SCc3ccc(C(F)(F)F)cc3)n2-c2cccc(Cl)c2)cc1[N+](=O)[O-]. The second kappa shape index (κ2) is 11.2. The molecule has 1 amide bonds. The maximum absolute atomic E-state index is 12.9. The van der Waals surface area contributed by atoms with Gasteiger partial charge in [0.05, 0.1) is 22.7 Å². The number of thioether (sulfide) groups is 1. The molecule has 3 aromatic carbocycles. The van der Waals surface area contributed by atoms with E-state index in [1.807, 2.05) is 0 Å². The molecule has 0 aliphatic heterocycles. The lowest BCUT2D eigenvalue weighted by atomic mass is 10.1. The van der Waals surface area contributed by atoms with Crippen LogP contribution in [-0.2, 0) is 18.5 Å². The molecule has 38 heavy (non-hydrogen) atoms. The predicted octanol–water partition coefficient (Wildman–Crippen LogP) is 6.38. The zero-order chi connectivity index (χ0) is 27.4. The molecule has 8 nitrogen and oxygen atoms in total. The van der Waals surface area contributed by atoms with Gasteiger partial charge in [-0.15, -0.1) is 10.2 Å². The third-order valence-electron chi connectivity index (χ3n) is 5.49. The van der Waals surface area contributed by atoms with Gasteiger partial charge in [-0.1, -0.05) is 47.6 Å². The number of benzene rings is 3. The van der Waals surface area contributed by atoms with E-state index in [-0.39, 0.29) is 17.8 Å². The molecule has 1 heterocycles. The molecule has 196 valence electrons. The number of aromatic nitrogens is 3. The van der Waals surface area contributed by atoms with Crippen molar-refractivity contribution < 1.29 is 22.9 Å². The molecule has 0 radical (unpaired) electrons. The van der Waals surface area contributed by atoms with Crippen LogP contribution >= 0.6 is 23.4 Å². The molecule has 0 spiro atoms. The van der Waals surface area contributed by atoms with E-state index in [0.29, 0.717) is 38.6 Å². The van der Waals surface area contributed by atoms with Crippen molar-refractivity contribution in [3.8, 4) is 5.69 Å². The molecule has 0 saturated heterocycles. The summed E-state index contributed by atoms with van der Waals surface area (Å²) in [5, 5.41) is 23.2. The van der Waals surface area contributed by atoms with E-state index in [1.54, 1.807) is 35.8 Å². The van der Waals surface area contributed by atoms with Crippen molar-refractivity contribution in [1.29, 1.82) is 0 Å². The number of halogens is 4. The number of aryl methyl sites for hydroxylation is 1. The van der Waals surface area contributed by atoms with Gasteiger partial charge in [0.2, 0.25) is 0 Å². The van der Waals surface area contributed by atoms with Crippen molar-refractivity contribution in [2.75, 3.05) is 0 Å². The van der Waals surface area contributed by atoms with E-state index in [1.165, 1.54) is 42.1 Å². The minimum absolute atomic E-state index is 0.0547. The van der Waals surface area contributed by atoms with Gasteiger partial charge in [0.25, 0.3) is 11.6 Å². The topological polar surface area (TPSA) is 103 Å². The third kappa shape index (κ3) is 6.32. The number of carbonyl (C=O) groups is 1. The van der Waals surface area contributed by atoms with Gasteiger partial charge >= 0.3 is 6.18 Å². The Balaban J connectivity index is 1.55. The number of nitrogens with zero attached hydrogens (tertiary/aromatic N) is 4. The van der Waals surface area contributed by atoms with Crippen LogP contribution in [0.25, 0.3) is 5.69 Å². The van der Waals surface area contributed by atoms with Gasteiger partial charge in [-0.25, -0.2) is 0 Å². The second-order valence-electron chi connectivity index (χ2n) is 8.14. The number of nitrogens with one attached hydrogen (secondary N) is 1. The maximum atomic E-state index is 12.9. The first-order valence-electron chi connectivity index (χ1n) is 11.1. The molecule has 0 saturated carbocycles. The van der Waals surface area contributed by atoms with Crippen LogP contribution in [-0.4, -0.2) is 25.6 Å². The number of carbonyl (C=O) groups excluding carboxylic acids is 1. The Kier molecular flexibility index (Phi) is 8.02. The number of rotatable bonds is 8. The lowest BCUT2D eigenvalue weighted by Gasteiger charge is -2.12. The van der Waals surface area contributed by atoms with Crippen LogP contribution < -0.4 is 5.32 Å².